The van der Waals surface area contributed by atoms with Crippen LogP contribution < -0.4 is 5.73 Å². The first kappa shape index (κ1) is 9.05. The Morgan fingerprint density at radius 3 is 2.18 bits per heavy atom. The van der Waals surface area contributed by atoms with Crippen LogP contribution in [-0.2, 0) is 0 Å². The Morgan fingerprint density at radius 2 is 1.82 bits per heavy atom. The predicted molar refractivity (Wildman–Crippen MR) is 49.4 cm³/mol. The third-order valence-electron chi connectivity index (χ3n) is 3.47. The highest BCUT2D eigenvalue weighted by Crippen LogP contribution is 2.46. The van der Waals surface area contributed by atoms with Crippen LogP contribution in [0.3, 0.4) is 0 Å². The summed E-state index contributed by atoms with van der Waals surface area (Å²) in [6.45, 7) is 5.57. The first-order valence-corrected chi connectivity index (χ1v) is 4.91. The van der Waals surface area contributed by atoms with Crippen molar-refractivity contribution in [1.29, 1.82) is 0 Å². The molecule has 0 aromatic heterocycles. The Morgan fingerprint density at radius 1 is 1.27 bits per heavy atom. The molecule has 1 fully saturated rings. The zero-order chi connectivity index (χ0) is 8.32. The van der Waals surface area contributed by atoms with Crippen molar-refractivity contribution in [2.24, 2.45) is 17.1 Å². The van der Waals surface area contributed by atoms with Crippen molar-refractivity contribution >= 4 is 0 Å². The number of rotatable bonds is 3. The first-order valence-electron chi connectivity index (χ1n) is 4.91. The lowest BCUT2D eigenvalue weighted by Crippen LogP contribution is -2.26. The van der Waals surface area contributed by atoms with Crippen LogP contribution in [0.2, 0.25) is 0 Å². The molecule has 0 aromatic carbocycles. The van der Waals surface area contributed by atoms with E-state index in [2.05, 4.69) is 13.8 Å². The summed E-state index contributed by atoms with van der Waals surface area (Å²) >= 11 is 0. The van der Waals surface area contributed by atoms with Gasteiger partial charge in [-0.1, -0.05) is 26.7 Å². The van der Waals surface area contributed by atoms with E-state index in [1.54, 1.807) is 0 Å². The van der Waals surface area contributed by atoms with Gasteiger partial charge in [0.25, 0.3) is 0 Å². The molecule has 0 aliphatic heterocycles. The molecule has 1 aliphatic rings. The van der Waals surface area contributed by atoms with Crippen molar-refractivity contribution in [1.82, 2.24) is 0 Å². The van der Waals surface area contributed by atoms with Crippen LogP contribution in [0.15, 0.2) is 0 Å². The minimum Gasteiger partial charge on any atom is -0.330 e. The van der Waals surface area contributed by atoms with E-state index in [-0.39, 0.29) is 0 Å². The molecule has 1 nitrogen and oxygen atoms in total. The van der Waals surface area contributed by atoms with Crippen molar-refractivity contribution in [2.75, 3.05) is 6.54 Å². The quantitative estimate of drug-likeness (QED) is 0.666. The van der Waals surface area contributed by atoms with Crippen LogP contribution in [0, 0.1) is 11.3 Å². The van der Waals surface area contributed by atoms with E-state index in [4.69, 9.17) is 5.73 Å². The Bertz CT molecular complexity index is 112. The van der Waals surface area contributed by atoms with E-state index in [1.165, 1.54) is 32.1 Å². The third kappa shape index (κ3) is 1.76. The normalized spacial score (nSPS) is 22.9. The van der Waals surface area contributed by atoms with Gasteiger partial charge in [-0.25, -0.2) is 0 Å². The van der Waals surface area contributed by atoms with E-state index in [9.17, 15) is 0 Å². The second kappa shape index (κ2) is 3.57. The van der Waals surface area contributed by atoms with Crippen molar-refractivity contribution in [2.45, 2.75) is 46.0 Å². The SMILES string of the molecule is CC(C)C1(CCN)CCCC1. The summed E-state index contributed by atoms with van der Waals surface area (Å²) in [4.78, 5) is 0. The van der Waals surface area contributed by atoms with Crippen LogP contribution >= 0.6 is 0 Å². The Kier molecular flexibility index (Phi) is 2.94. The van der Waals surface area contributed by atoms with E-state index < -0.39 is 0 Å². The van der Waals surface area contributed by atoms with Crippen molar-refractivity contribution in [3.63, 3.8) is 0 Å². The Balaban J connectivity index is 2.55. The van der Waals surface area contributed by atoms with E-state index in [0.717, 1.165) is 12.5 Å². The molecule has 0 amide bonds. The van der Waals surface area contributed by atoms with E-state index >= 15 is 0 Å². The molecular formula is C10H21N. The fourth-order valence-electron chi connectivity index (χ4n) is 2.48. The molecule has 1 saturated carbocycles. The molecule has 0 spiro atoms. The van der Waals surface area contributed by atoms with Gasteiger partial charge in [0, 0.05) is 0 Å². The molecule has 1 rings (SSSR count). The monoisotopic (exact) mass is 155 g/mol. The van der Waals surface area contributed by atoms with Gasteiger partial charge >= 0.3 is 0 Å². The minimum absolute atomic E-state index is 0.620. The lowest BCUT2D eigenvalue weighted by Gasteiger charge is -2.33. The number of nitrogens with two attached hydrogens (primary N) is 1. The highest BCUT2D eigenvalue weighted by atomic mass is 14.6. The van der Waals surface area contributed by atoms with Gasteiger partial charge in [0.15, 0.2) is 0 Å². The molecule has 0 radical (unpaired) electrons. The summed E-state index contributed by atoms with van der Waals surface area (Å²) in [6.07, 6.45) is 6.94. The third-order valence-corrected chi connectivity index (χ3v) is 3.47. The van der Waals surface area contributed by atoms with Gasteiger partial charge in [-0.05, 0) is 37.1 Å². The highest BCUT2D eigenvalue weighted by Gasteiger charge is 2.35. The second-order valence-corrected chi connectivity index (χ2v) is 4.26. The van der Waals surface area contributed by atoms with Crippen LogP contribution in [0.25, 0.3) is 0 Å². The Hall–Kier alpha value is -0.0400. The molecule has 0 saturated heterocycles. The molecule has 2 N–H and O–H groups in total. The van der Waals surface area contributed by atoms with Crippen molar-refractivity contribution in [3.8, 4) is 0 Å². The van der Waals surface area contributed by atoms with Gasteiger partial charge in [0.2, 0.25) is 0 Å². The van der Waals surface area contributed by atoms with Crippen molar-refractivity contribution in [3.05, 3.63) is 0 Å². The summed E-state index contributed by atoms with van der Waals surface area (Å²) in [6, 6.07) is 0. The summed E-state index contributed by atoms with van der Waals surface area (Å²) in [5.74, 6) is 0.827. The molecule has 0 heterocycles. The van der Waals surface area contributed by atoms with Crippen LogP contribution in [0.4, 0.5) is 0 Å². The fraction of sp³-hybridized carbons (Fsp3) is 1.00. The maximum atomic E-state index is 5.63. The van der Waals surface area contributed by atoms with Gasteiger partial charge in [-0.2, -0.15) is 0 Å². The van der Waals surface area contributed by atoms with Gasteiger partial charge in [0.1, 0.15) is 0 Å². The molecule has 0 aromatic rings. The van der Waals surface area contributed by atoms with Gasteiger partial charge < -0.3 is 5.73 Å². The molecule has 11 heavy (non-hydrogen) atoms. The molecule has 0 bridgehead atoms. The molecule has 0 unspecified atom stereocenters. The topological polar surface area (TPSA) is 26.0 Å². The summed E-state index contributed by atoms with van der Waals surface area (Å²) < 4.78 is 0. The van der Waals surface area contributed by atoms with Gasteiger partial charge in [-0.15, -0.1) is 0 Å². The van der Waals surface area contributed by atoms with Gasteiger partial charge in [-0.3, -0.25) is 0 Å². The van der Waals surface area contributed by atoms with Gasteiger partial charge in [0.05, 0.1) is 0 Å². The maximum absolute atomic E-state index is 5.63. The largest absolute Gasteiger partial charge is 0.330 e. The summed E-state index contributed by atoms with van der Waals surface area (Å²) in [7, 11) is 0. The number of hydrogen-bond donors (Lipinski definition) is 1. The zero-order valence-corrected chi connectivity index (χ0v) is 7.90. The number of hydrogen-bond acceptors (Lipinski definition) is 1. The van der Waals surface area contributed by atoms with E-state index in [1.807, 2.05) is 0 Å². The summed E-state index contributed by atoms with van der Waals surface area (Å²) in [5, 5.41) is 0. The van der Waals surface area contributed by atoms with Crippen molar-refractivity contribution < 1.29 is 0 Å². The van der Waals surface area contributed by atoms with E-state index in [0.29, 0.717) is 5.41 Å². The predicted octanol–water partition coefficient (Wildman–Crippen LogP) is 2.55. The van der Waals surface area contributed by atoms with Crippen LogP contribution in [0.5, 0.6) is 0 Å². The average Bonchev–Trinajstić information content (AvgIpc) is 2.38. The molecule has 1 heteroatoms. The second-order valence-electron chi connectivity index (χ2n) is 4.26. The van der Waals surface area contributed by atoms with Crippen LogP contribution in [-0.4, -0.2) is 6.54 Å². The lowest BCUT2D eigenvalue weighted by atomic mass is 9.73. The maximum Gasteiger partial charge on any atom is -0.00719 e. The minimum atomic E-state index is 0.620. The molecular weight excluding hydrogens is 134 g/mol. The zero-order valence-electron chi connectivity index (χ0n) is 7.90. The molecule has 1 aliphatic carbocycles. The smallest absolute Gasteiger partial charge is 0.00719 e. The summed E-state index contributed by atoms with van der Waals surface area (Å²) in [5.41, 5.74) is 6.25. The molecule has 66 valence electrons. The standard InChI is InChI=1S/C10H21N/c1-9(2)10(7-8-11)5-3-4-6-10/h9H,3-8,11H2,1-2H3. The highest BCUT2D eigenvalue weighted by molar-refractivity contribution is 4.87. The van der Waals surface area contributed by atoms with Crippen LogP contribution in [0.1, 0.15) is 46.0 Å². The molecule has 0 atom stereocenters. The Labute approximate surface area is 70.4 Å². The lowest BCUT2D eigenvalue weighted by molar-refractivity contribution is 0.183. The first-order chi connectivity index (χ1) is 5.21. The average molecular weight is 155 g/mol. The fourth-order valence-corrected chi connectivity index (χ4v) is 2.48.